The number of aromatic nitrogens is 2. The summed E-state index contributed by atoms with van der Waals surface area (Å²) in [6, 6.07) is 49.3. The number of hydrogen-bond acceptors (Lipinski definition) is 5. The first kappa shape index (κ1) is 29.2. The number of ether oxygens (including phenoxy) is 2. The minimum atomic E-state index is -3.08. The summed E-state index contributed by atoms with van der Waals surface area (Å²) >= 11 is 0. The van der Waals surface area contributed by atoms with Gasteiger partial charge < -0.3 is 14.0 Å². The molecule has 0 spiro atoms. The third-order valence-electron chi connectivity index (χ3n) is 8.20. The van der Waals surface area contributed by atoms with Gasteiger partial charge in [0.05, 0.1) is 36.6 Å². The van der Waals surface area contributed by atoms with Gasteiger partial charge in [-0.05, 0) is 60.2 Å². The molecule has 0 saturated heterocycles. The maximum absolute atomic E-state index is 14.9. The quantitative estimate of drug-likeness (QED) is 0.160. The third-order valence-corrected chi connectivity index (χ3v) is 11.3. The van der Waals surface area contributed by atoms with E-state index in [2.05, 4.69) is 6.07 Å². The van der Waals surface area contributed by atoms with E-state index in [1.165, 1.54) is 0 Å². The van der Waals surface area contributed by atoms with Crippen molar-refractivity contribution in [3.63, 3.8) is 0 Å². The molecule has 0 amide bonds. The molecule has 6 heteroatoms. The molecule has 0 saturated carbocycles. The molecule has 7 aromatic rings. The zero-order chi connectivity index (χ0) is 31.5. The summed E-state index contributed by atoms with van der Waals surface area (Å²) in [5.41, 5.74) is 6.89. The van der Waals surface area contributed by atoms with Gasteiger partial charge in [0.2, 0.25) is 0 Å². The Bertz CT molecular complexity index is 2120. The van der Waals surface area contributed by atoms with Crippen molar-refractivity contribution in [2.24, 2.45) is 0 Å². The Hall–Kier alpha value is -5.51. The smallest absolute Gasteiger partial charge is 0.171 e. The van der Waals surface area contributed by atoms with Crippen LogP contribution in [0.5, 0.6) is 11.5 Å². The first-order valence-electron chi connectivity index (χ1n) is 15.0. The lowest BCUT2D eigenvalue weighted by Crippen LogP contribution is -2.24. The second-order valence-corrected chi connectivity index (χ2v) is 13.6. The van der Waals surface area contributed by atoms with E-state index in [1.807, 2.05) is 146 Å². The fourth-order valence-corrected chi connectivity index (χ4v) is 8.43. The molecule has 0 aliphatic carbocycles. The number of hydrogen-bond donors (Lipinski definition) is 0. The fraction of sp³-hybridized carbons (Fsp3) is 0.0500. The molecule has 1 aromatic heterocycles. The third kappa shape index (κ3) is 5.36. The van der Waals surface area contributed by atoms with Crippen molar-refractivity contribution in [3.8, 4) is 45.1 Å². The molecule has 0 bridgehead atoms. The predicted octanol–water partition coefficient (Wildman–Crippen LogP) is 8.29. The summed E-state index contributed by atoms with van der Waals surface area (Å²) in [7, 11) is 0.229. The molecule has 0 N–H and O–H groups in total. The summed E-state index contributed by atoms with van der Waals surface area (Å²) in [4.78, 5) is 10.4. The van der Waals surface area contributed by atoms with Crippen molar-refractivity contribution in [1.29, 1.82) is 0 Å². The monoisotopic (exact) mass is 618 g/mol. The lowest BCUT2D eigenvalue weighted by Gasteiger charge is -2.20. The van der Waals surface area contributed by atoms with Crippen molar-refractivity contribution >= 4 is 34.1 Å². The maximum Gasteiger partial charge on any atom is 0.171 e. The molecule has 5 nitrogen and oxygen atoms in total. The number of rotatable bonds is 8. The number of nitrogens with zero attached hydrogens (tertiary/aromatic N) is 2. The van der Waals surface area contributed by atoms with Crippen molar-refractivity contribution in [2.75, 3.05) is 14.2 Å². The summed E-state index contributed by atoms with van der Waals surface area (Å²) in [5, 5.41) is 2.39. The highest BCUT2D eigenvalue weighted by Crippen LogP contribution is 2.43. The van der Waals surface area contributed by atoms with Crippen LogP contribution in [0.25, 0.3) is 44.7 Å². The van der Waals surface area contributed by atoms with E-state index < -0.39 is 7.14 Å². The number of benzene rings is 6. The second kappa shape index (κ2) is 12.5. The Labute approximate surface area is 268 Å². The van der Waals surface area contributed by atoms with Crippen LogP contribution in [-0.4, -0.2) is 24.2 Å². The number of methoxy groups -OCH3 is 2. The van der Waals surface area contributed by atoms with Crippen LogP contribution >= 0.6 is 7.14 Å². The Kier molecular flexibility index (Phi) is 7.92. The second-order valence-electron chi connectivity index (χ2n) is 10.9. The van der Waals surface area contributed by atoms with Crippen LogP contribution in [0.4, 0.5) is 0 Å². The normalized spacial score (nSPS) is 11.3. The predicted molar refractivity (Wildman–Crippen MR) is 188 cm³/mol. The van der Waals surface area contributed by atoms with Gasteiger partial charge in [-0.3, -0.25) is 0 Å². The number of para-hydroxylation sites is 1. The highest BCUT2D eigenvalue weighted by atomic mass is 31.2. The van der Waals surface area contributed by atoms with E-state index >= 15 is 0 Å². The Morgan fingerprint density at radius 3 is 1.41 bits per heavy atom. The highest BCUT2D eigenvalue weighted by Gasteiger charge is 2.29. The van der Waals surface area contributed by atoms with Crippen LogP contribution < -0.4 is 25.4 Å². The topological polar surface area (TPSA) is 61.3 Å². The molecular weight excluding hydrogens is 587 g/mol. The van der Waals surface area contributed by atoms with Crippen molar-refractivity contribution < 1.29 is 14.0 Å². The van der Waals surface area contributed by atoms with Gasteiger partial charge in [0.25, 0.3) is 0 Å². The highest BCUT2D eigenvalue weighted by molar-refractivity contribution is 7.85. The molecule has 46 heavy (non-hydrogen) atoms. The molecule has 0 aliphatic rings. The molecular formula is C40H31N2O3P. The molecule has 6 aromatic carbocycles. The van der Waals surface area contributed by atoms with E-state index in [1.54, 1.807) is 14.2 Å². The van der Waals surface area contributed by atoms with Crippen LogP contribution in [0.1, 0.15) is 0 Å². The largest absolute Gasteiger partial charge is 0.497 e. The van der Waals surface area contributed by atoms with Gasteiger partial charge in [-0.25, -0.2) is 9.97 Å². The average molecular weight is 619 g/mol. The Morgan fingerprint density at radius 1 is 0.457 bits per heavy atom. The molecule has 0 unspecified atom stereocenters. The summed E-state index contributed by atoms with van der Waals surface area (Å²) < 4.78 is 25.7. The molecule has 7 rings (SSSR count). The minimum Gasteiger partial charge on any atom is -0.497 e. The lowest BCUT2D eigenvalue weighted by molar-refractivity contribution is 0.414. The van der Waals surface area contributed by atoms with Gasteiger partial charge >= 0.3 is 0 Å². The van der Waals surface area contributed by atoms with Crippen LogP contribution in [0.15, 0.2) is 152 Å². The summed E-state index contributed by atoms with van der Waals surface area (Å²) in [6.45, 7) is 0. The van der Waals surface area contributed by atoms with E-state index in [4.69, 9.17) is 19.4 Å². The zero-order valence-electron chi connectivity index (χ0n) is 25.5. The van der Waals surface area contributed by atoms with Crippen molar-refractivity contribution in [3.05, 3.63) is 152 Å². The fourth-order valence-electron chi connectivity index (χ4n) is 5.78. The van der Waals surface area contributed by atoms with Gasteiger partial charge in [0, 0.05) is 32.6 Å². The van der Waals surface area contributed by atoms with Gasteiger partial charge in [-0.2, -0.15) is 0 Å². The first-order chi connectivity index (χ1) is 22.6. The molecule has 0 radical (unpaired) electrons. The molecule has 0 atom stereocenters. The first-order valence-corrected chi connectivity index (χ1v) is 16.7. The molecule has 0 aliphatic heterocycles. The van der Waals surface area contributed by atoms with Gasteiger partial charge in [0.1, 0.15) is 11.5 Å². The van der Waals surface area contributed by atoms with Gasteiger partial charge in [-0.1, -0.05) is 97.1 Å². The maximum atomic E-state index is 14.9. The van der Waals surface area contributed by atoms with Gasteiger partial charge in [-0.15, -0.1) is 0 Å². The van der Waals surface area contributed by atoms with E-state index in [-0.39, 0.29) is 0 Å². The lowest BCUT2D eigenvalue weighted by atomic mass is 10.0. The van der Waals surface area contributed by atoms with Crippen molar-refractivity contribution in [1.82, 2.24) is 9.97 Å². The standard InChI is InChI=1S/C40H31N2O3P/c1-44-31-22-16-29(17-23-31)38-39(30-18-24-32(45-2)25-19-30)42-40-36(14-9-15-37(40)41-38)28-20-26-35(27-21-28)46(43,33-10-5-3-6-11-33)34-12-7-4-8-13-34/h3-27H,1-2H3. The average Bonchev–Trinajstić information content (AvgIpc) is 3.14. The number of fused-ring (bicyclic) bond motifs is 1. The van der Waals surface area contributed by atoms with Crippen LogP contribution in [0, 0.1) is 0 Å². The van der Waals surface area contributed by atoms with Crippen LogP contribution in [0.3, 0.4) is 0 Å². The van der Waals surface area contributed by atoms with Crippen molar-refractivity contribution in [2.45, 2.75) is 0 Å². The summed E-state index contributed by atoms with van der Waals surface area (Å²) in [6.07, 6.45) is 0. The zero-order valence-corrected chi connectivity index (χ0v) is 26.4. The van der Waals surface area contributed by atoms with Crippen LogP contribution in [-0.2, 0) is 4.57 Å². The molecule has 0 fully saturated rings. The summed E-state index contributed by atoms with van der Waals surface area (Å²) in [5.74, 6) is 1.55. The SMILES string of the molecule is COc1ccc(-c2nc3cccc(-c4ccc(P(=O)(c5ccccc5)c5ccccc5)cc4)c3nc2-c2ccc(OC)cc2)cc1. The molecule has 1 heterocycles. The van der Waals surface area contributed by atoms with E-state index in [0.717, 1.165) is 72.1 Å². The van der Waals surface area contributed by atoms with Gasteiger partial charge in [0.15, 0.2) is 7.14 Å². The van der Waals surface area contributed by atoms with E-state index in [0.29, 0.717) is 0 Å². The molecule has 224 valence electrons. The Morgan fingerprint density at radius 2 is 0.913 bits per heavy atom. The van der Waals surface area contributed by atoms with Crippen LogP contribution in [0.2, 0.25) is 0 Å². The van der Waals surface area contributed by atoms with E-state index in [9.17, 15) is 4.57 Å². The Balaban J connectivity index is 1.37. The minimum absolute atomic E-state index is 0.766.